The number of nitrogens with one attached hydrogen (secondary N) is 1. The summed E-state index contributed by atoms with van der Waals surface area (Å²) >= 11 is 5.53. The van der Waals surface area contributed by atoms with Crippen molar-refractivity contribution in [2.24, 2.45) is 0 Å². The van der Waals surface area contributed by atoms with Crippen LogP contribution in [-0.2, 0) is 9.59 Å². The van der Waals surface area contributed by atoms with Crippen molar-refractivity contribution in [1.29, 1.82) is 0 Å². The highest BCUT2D eigenvalue weighted by Crippen LogP contribution is 2.41. The van der Waals surface area contributed by atoms with E-state index in [0.717, 1.165) is 17.0 Å². The molecule has 0 saturated heterocycles. The first-order chi connectivity index (χ1) is 15.2. The number of aromatic nitrogens is 2. The van der Waals surface area contributed by atoms with E-state index in [-0.39, 0.29) is 11.3 Å². The van der Waals surface area contributed by atoms with Crippen LogP contribution in [0.3, 0.4) is 0 Å². The van der Waals surface area contributed by atoms with Crippen LogP contribution in [0.1, 0.15) is 24.2 Å². The van der Waals surface area contributed by atoms with Crippen LogP contribution in [0.4, 0.5) is 24.5 Å². The lowest BCUT2D eigenvalue weighted by Gasteiger charge is -2.24. The molecule has 0 spiro atoms. The highest BCUT2D eigenvalue weighted by molar-refractivity contribution is 6.30. The van der Waals surface area contributed by atoms with Gasteiger partial charge in [-0.2, -0.15) is 4.39 Å². The normalized spacial score (nSPS) is 15.1. The summed E-state index contributed by atoms with van der Waals surface area (Å²) < 4.78 is 42.8. The van der Waals surface area contributed by atoms with Gasteiger partial charge in [0.05, 0.1) is 33.6 Å². The van der Waals surface area contributed by atoms with Gasteiger partial charge in [-0.3, -0.25) is 14.6 Å². The second-order valence-electron chi connectivity index (χ2n) is 7.30. The Hall–Kier alpha value is -3.46. The van der Waals surface area contributed by atoms with Crippen LogP contribution < -0.4 is 10.2 Å². The minimum Gasteiger partial charge on any atom is -0.322 e. The molecule has 3 heterocycles. The van der Waals surface area contributed by atoms with Crippen LogP contribution in [0.25, 0.3) is 11.1 Å². The molecular formula is C22H16ClF3N4O2. The van der Waals surface area contributed by atoms with Crippen molar-refractivity contribution in [3.63, 3.8) is 0 Å². The molecule has 4 rings (SSSR count). The van der Waals surface area contributed by atoms with Crippen molar-refractivity contribution >= 4 is 34.8 Å². The van der Waals surface area contributed by atoms with Gasteiger partial charge in [0.2, 0.25) is 17.8 Å². The molecule has 164 valence electrons. The standard InChI is InChI=1S/C22H16ClF3N4O2/c1-10-8-15-17(21(26)28-10)12-4-3-7-27-20(12)11(2)22(32)30(15)9-16(31)29-14-6-5-13(23)18(24)19(14)25/h3-8,11H,9H2,1-2H3,(H,29,31)/t11-/m1/s1. The molecule has 1 aliphatic rings. The van der Waals surface area contributed by atoms with E-state index in [1.807, 2.05) is 0 Å². The largest absolute Gasteiger partial charge is 0.322 e. The minimum atomic E-state index is -1.33. The Morgan fingerprint density at radius 1 is 1.22 bits per heavy atom. The van der Waals surface area contributed by atoms with Gasteiger partial charge in [-0.1, -0.05) is 17.7 Å². The van der Waals surface area contributed by atoms with E-state index in [0.29, 0.717) is 17.0 Å². The van der Waals surface area contributed by atoms with Crippen molar-refractivity contribution < 1.29 is 22.8 Å². The highest BCUT2D eigenvalue weighted by atomic mass is 35.5. The monoisotopic (exact) mass is 460 g/mol. The molecule has 0 fully saturated rings. The predicted octanol–water partition coefficient (Wildman–Crippen LogP) is 4.61. The van der Waals surface area contributed by atoms with Crippen LogP contribution in [-0.4, -0.2) is 28.3 Å². The van der Waals surface area contributed by atoms with E-state index in [1.54, 1.807) is 26.0 Å². The molecular weight excluding hydrogens is 445 g/mol. The molecule has 1 aliphatic heterocycles. The molecule has 10 heteroatoms. The maximum absolute atomic E-state index is 15.0. The Labute approximate surface area is 186 Å². The predicted molar refractivity (Wildman–Crippen MR) is 113 cm³/mol. The minimum absolute atomic E-state index is 0.0351. The third kappa shape index (κ3) is 3.69. The van der Waals surface area contributed by atoms with Crippen molar-refractivity contribution in [2.45, 2.75) is 19.8 Å². The van der Waals surface area contributed by atoms with Crippen LogP contribution in [0.2, 0.25) is 5.02 Å². The first kappa shape index (κ1) is 21.8. The second-order valence-corrected chi connectivity index (χ2v) is 7.71. The van der Waals surface area contributed by atoms with E-state index >= 15 is 0 Å². The maximum Gasteiger partial charge on any atom is 0.244 e. The van der Waals surface area contributed by atoms with Crippen LogP contribution in [0.5, 0.6) is 0 Å². The van der Waals surface area contributed by atoms with E-state index in [1.165, 1.54) is 12.3 Å². The topological polar surface area (TPSA) is 75.2 Å². The summed E-state index contributed by atoms with van der Waals surface area (Å²) in [6.45, 7) is 2.57. The molecule has 1 N–H and O–H groups in total. The number of carbonyl (C=O) groups excluding carboxylic acids is 2. The Bertz CT molecular complexity index is 1270. The number of fused-ring (bicyclic) bond motifs is 3. The number of hydrogen-bond acceptors (Lipinski definition) is 4. The number of pyridine rings is 2. The van der Waals surface area contributed by atoms with Gasteiger partial charge in [0.1, 0.15) is 6.54 Å². The average Bonchev–Trinajstić information content (AvgIpc) is 2.84. The maximum atomic E-state index is 15.0. The van der Waals surface area contributed by atoms with Crippen LogP contribution in [0.15, 0.2) is 36.5 Å². The third-order valence-electron chi connectivity index (χ3n) is 5.14. The molecule has 6 nitrogen and oxygen atoms in total. The van der Waals surface area contributed by atoms with Crippen molar-refractivity contribution in [3.8, 4) is 11.1 Å². The zero-order chi connectivity index (χ0) is 23.2. The molecule has 3 aromatic rings. The lowest BCUT2D eigenvalue weighted by atomic mass is 9.98. The summed E-state index contributed by atoms with van der Waals surface area (Å²) in [7, 11) is 0. The number of nitrogens with zero attached hydrogens (tertiary/aromatic N) is 3. The Morgan fingerprint density at radius 3 is 2.72 bits per heavy atom. The molecule has 2 aromatic heterocycles. The van der Waals surface area contributed by atoms with Gasteiger partial charge in [-0.15, -0.1) is 0 Å². The molecule has 1 atom stereocenters. The number of amides is 2. The first-order valence-corrected chi connectivity index (χ1v) is 9.94. The molecule has 0 radical (unpaired) electrons. The quantitative estimate of drug-likeness (QED) is 0.457. The zero-order valence-electron chi connectivity index (χ0n) is 16.9. The van der Waals surface area contributed by atoms with Gasteiger partial charge in [-0.05, 0) is 38.1 Å². The number of aryl methyl sites for hydroxylation is 1. The number of carbonyl (C=O) groups is 2. The first-order valence-electron chi connectivity index (χ1n) is 9.56. The number of benzene rings is 1. The number of rotatable bonds is 3. The van der Waals surface area contributed by atoms with Gasteiger partial charge in [0.25, 0.3) is 0 Å². The fourth-order valence-corrected chi connectivity index (χ4v) is 3.79. The molecule has 0 bridgehead atoms. The molecule has 1 aromatic carbocycles. The molecule has 0 saturated carbocycles. The average molecular weight is 461 g/mol. The summed E-state index contributed by atoms with van der Waals surface area (Å²) in [6.07, 6.45) is 1.49. The van der Waals surface area contributed by atoms with E-state index in [4.69, 9.17) is 11.6 Å². The summed E-state index contributed by atoms with van der Waals surface area (Å²) in [5, 5.41) is 1.80. The van der Waals surface area contributed by atoms with Gasteiger partial charge in [0.15, 0.2) is 11.6 Å². The molecule has 32 heavy (non-hydrogen) atoms. The Balaban J connectivity index is 1.76. The van der Waals surface area contributed by atoms with Crippen molar-refractivity contribution in [3.05, 3.63) is 70.5 Å². The van der Waals surface area contributed by atoms with E-state index in [9.17, 15) is 22.8 Å². The van der Waals surface area contributed by atoms with Crippen LogP contribution >= 0.6 is 11.6 Å². The lowest BCUT2D eigenvalue weighted by molar-refractivity contribution is -0.122. The Morgan fingerprint density at radius 2 is 1.97 bits per heavy atom. The van der Waals surface area contributed by atoms with Gasteiger partial charge < -0.3 is 10.2 Å². The summed E-state index contributed by atoms with van der Waals surface area (Å²) in [4.78, 5) is 35.1. The van der Waals surface area contributed by atoms with Crippen LogP contribution in [0, 0.1) is 24.5 Å². The van der Waals surface area contributed by atoms with Crippen molar-refractivity contribution in [2.75, 3.05) is 16.8 Å². The van der Waals surface area contributed by atoms with Gasteiger partial charge >= 0.3 is 0 Å². The zero-order valence-corrected chi connectivity index (χ0v) is 17.7. The summed E-state index contributed by atoms with van der Waals surface area (Å²) in [5.41, 5.74) is 0.767. The lowest BCUT2D eigenvalue weighted by Crippen LogP contribution is -2.40. The molecule has 2 amide bonds. The molecule has 0 aliphatic carbocycles. The number of hydrogen-bond donors (Lipinski definition) is 1. The SMILES string of the molecule is Cc1cc2c(c(F)n1)-c1cccnc1[C@@H](C)C(=O)N2CC(=O)Nc1ccc(Cl)c(F)c1F. The fraction of sp³-hybridized carbons (Fsp3) is 0.182. The molecule has 0 unspecified atom stereocenters. The van der Waals surface area contributed by atoms with Gasteiger partial charge in [0, 0.05) is 17.5 Å². The highest BCUT2D eigenvalue weighted by Gasteiger charge is 2.35. The number of anilines is 2. The van der Waals surface area contributed by atoms with Gasteiger partial charge in [-0.25, -0.2) is 13.8 Å². The summed E-state index contributed by atoms with van der Waals surface area (Å²) in [6, 6.07) is 6.92. The van der Waals surface area contributed by atoms with Crippen molar-refractivity contribution in [1.82, 2.24) is 9.97 Å². The smallest absolute Gasteiger partial charge is 0.244 e. The fourth-order valence-electron chi connectivity index (χ4n) is 3.64. The number of halogens is 4. The third-order valence-corrected chi connectivity index (χ3v) is 5.43. The Kier molecular flexibility index (Phi) is 5.60. The van der Waals surface area contributed by atoms with E-state index < -0.39 is 52.6 Å². The van der Waals surface area contributed by atoms with E-state index in [2.05, 4.69) is 15.3 Å². The summed E-state index contributed by atoms with van der Waals surface area (Å²) in [5.74, 6) is -5.57. The second kappa shape index (κ2) is 8.23.